The highest BCUT2D eigenvalue weighted by molar-refractivity contribution is 9.10. The van der Waals surface area contributed by atoms with Crippen molar-refractivity contribution < 1.29 is 9.90 Å². The van der Waals surface area contributed by atoms with Gasteiger partial charge in [0.1, 0.15) is 0 Å². The van der Waals surface area contributed by atoms with Crippen LogP contribution in [-0.2, 0) is 6.54 Å². The minimum absolute atomic E-state index is 0.128. The molecule has 0 fully saturated rings. The summed E-state index contributed by atoms with van der Waals surface area (Å²) in [7, 11) is 0. The van der Waals surface area contributed by atoms with Crippen LogP contribution in [0.4, 0.5) is 0 Å². The molecule has 1 aromatic heterocycles. The predicted molar refractivity (Wildman–Crippen MR) is 78.6 cm³/mol. The zero-order chi connectivity index (χ0) is 14.0. The Bertz CT molecular complexity index is 695. The van der Waals surface area contributed by atoms with Gasteiger partial charge in [-0.05, 0) is 45.8 Å². The van der Waals surface area contributed by atoms with Crippen LogP contribution in [0.15, 0.2) is 50.3 Å². The highest BCUT2D eigenvalue weighted by Crippen LogP contribution is 2.19. The van der Waals surface area contributed by atoms with Crippen LogP contribution in [0, 0.1) is 0 Å². The Morgan fingerprint density at radius 3 is 2.58 bits per heavy atom. The molecule has 19 heavy (non-hydrogen) atoms. The van der Waals surface area contributed by atoms with Crippen LogP contribution in [0.3, 0.4) is 0 Å². The summed E-state index contributed by atoms with van der Waals surface area (Å²) in [5.41, 5.74) is 0.916. The molecule has 1 N–H and O–H groups in total. The normalized spacial score (nSPS) is 10.4. The van der Waals surface area contributed by atoms with E-state index in [4.69, 9.17) is 5.11 Å². The molecule has 0 aliphatic rings. The first kappa shape index (κ1) is 14.0. The van der Waals surface area contributed by atoms with Crippen LogP contribution in [0.2, 0.25) is 0 Å². The SMILES string of the molecule is O=C(O)c1ccc(Cn2cccc(Br)c2=O)c(Br)c1. The topological polar surface area (TPSA) is 59.3 Å². The van der Waals surface area contributed by atoms with E-state index in [1.54, 1.807) is 29.0 Å². The molecule has 0 saturated carbocycles. The van der Waals surface area contributed by atoms with Gasteiger partial charge in [0, 0.05) is 10.7 Å². The number of hydrogen-bond donors (Lipinski definition) is 1. The first-order chi connectivity index (χ1) is 8.99. The van der Waals surface area contributed by atoms with Crippen molar-refractivity contribution >= 4 is 37.8 Å². The second-order valence-electron chi connectivity index (χ2n) is 3.90. The summed E-state index contributed by atoms with van der Waals surface area (Å²) in [6, 6.07) is 8.19. The highest BCUT2D eigenvalue weighted by Gasteiger charge is 2.08. The average Bonchev–Trinajstić information content (AvgIpc) is 2.37. The number of aromatic nitrogens is 1. The molecule has 6 heteroatoms. The Labute approximate surface area is 126 Å². The highest BCUT2D eigenvalue weighted by atomic mass is 79.9. The monoisotopic (exact) mass is 385 g/mol. The van der Waals surface area contributed by atoms with Crippen molar-refractivity contribution in [2.75, 3.05) is 0 Å². The van der Waals surface area contributed by atoms with E-state index in [9.17, 15) is 9.59 Å². The molecule has 0 aliphatic heterocycles. The fraction of sp³-hybridized carbons (Fsp3) is 0.0769. The van der Waals surface area contributed by atoms with Gasteiger partial charge in [0.05, 0.1) is 16.6 Å². The third-order valence-corrected chi connectivity index (χ3v) is 3.96. The molecule has 0 radical (unpaired) electrons. The van der Waals surface area contributed by atoms with Gasteiger partial charge < -0.3 is 9.67 Å². The number of carbonyl (C=O) groups is 1. The lowest BCUT2D eigenvalue weighted by Crippen LogP contribution is -2.20. The van der Waals surface area contributed by atoms with E-state index in [2.05, 4.69) is 31.9 Å². The summed E-state index contributed by atoms with van der Waals surface area (Å²) in [5.74, 6) is -0.980. The summed E-state index contributed by atoms with van der Waals surface area (Å²) < 4.78 is 2.71. The summed E-state index contributed by atoms with van der Waals surface area (Å²) >= 11 is 6.51. The molecule has 2 rings (SSSR count). The van der Waals surface area contributed by atoms with E-state index < -0.39 is 5.97 Å². The van der Waals surface area contributed by atoms with Gasteiger partial charge in [-0.2, -0.15) is 0 Å². The zero-order valence-electron chi connectivity index (χ0n) is 9.64. The number of pyridine rings is 1. The van der Waals surface area contributed by atoms with Crippen LogP contribution in [-0.4, -0.2) is 15.6 Å². The van der Waals surface area contributed by atoms with Gasteiger partial charge in [-0.15, -0.1) is 0 Å². The molecular formula is C13H9Br2NO3. The smallest absolute Gasteiger partial charge is 0.335 e. The van der Waals surface area contributed by atoms with Crippen molar-refractivity contribution in [3.63, 3.8) is 0 Å². The van der Waals surface area contributed by atoms with E-state index in [0.29, 0.717) is 15.5 Å². The lowest BCUT2D eigenvalue weighted by Gasteiger charge is -2.08. The minimum atomic E-state index is -0.980. The van der Waals surface area contributed by atoms with Crippen LogP contribution in [0.5, 0.6) is 0 Å². The minimum Gasteiger partial charge on any atom is -0.478 e. The molecule has 0 bridgehead atoms. The van der Waals surface area contributed by atoms with Crippen LogP contribution < -0.4 is 5.56 Å². The van der Waals surface area contributed by atoms with Gasteiger partial charge in [-0.3, -0.25) is 4.79 Å². The Hall–Kier alpha value is -1.40. The Morgan fingerprint density at radius 1 is 1.21 bits per heavy atom. The van der Waals surface area contributed by atoms with Crippen molar-refractivity contribution in [1.82, 2.24) is 4.57 Å². The lowest BCUT2D eigenvalue weighted by molar-refractivity contribution is 0.0697. The third kappa shape index (κ3) is 3.13. The molecule has 1 aromatic carbocycles. The van der Waals surface area contributed by atoms with E-state index in [0.717, 1.165) is 5.56 Å². The summed E-state index contributed by atoms with van der Waals surface area (Å²) in [4.78, 5) is 22.7. The van der Waals surface area contributed by atoms with Gasteiger partial charge in [0.25, 0.3) is 5.56 Å². The molecule has 98 valence electrons. The summed E-state index contributed by atoms with van der Waals surface area (Å²) in [5, 5.41) is 8.89. The maximum atomic E-state index is 11.9. The van der Waals surface area contributed by atoms with Crippen molar-refractivity contribution in [1.29, 1.82) is 0 Å². The molecule has 0 aliphatic carbocycles. The van der Waals surface area contributed by atoms with Gasteiger partial charge in [0.2, 0.25) is 0 Å². The number of aromatic carboxylic acids is 1. The second kappa shape index (κ2) is 5.71. The standard InChI is InChI=1S/C13H9Br2NO3/c14-10-2-1-5-16(12(10)17)7-9-4-3-8(13(18)19)6-11(9)15/h1-6H,7H2,(H,18,19). The van der Waals surface area contributed by atoms with Crippen molar-refractivity contribution in [3.05, 3.63) is 67.0 Å². The van der Waals surface area contributed by atoms with Gasteiger partial charge >= 0.3 is 5.97 Å². The van der Waals surface area contributed by atoms with Crippen LogP contribution >= 0.6 is 31.9 Å². The Morgan fingerprint density at radius 2 is 1.95 bits per heavy atom. The predicted octanol–water partition coefficient (Wildman–Crippen LogP) is 3.12. The lowest BCUT2D eigenvalue weighted by atomic mass is 10.1. The summed E-state index contributed by atoms with van der Waals surface area (Å²) in [6.45, 7) is 0.374. The van der Waals surface area contributed by atoms with Crippen LogP contribution in [0.25, 0.3) is 0 Å². The number of rotatable bonds is 3. The number of nitrogens with zero attached hydrogens (tertiary/aromatic N) is 1. The Balaban J connectivity index is 2.36. The molecular weight excluding hydrogens is 378 g/mol. The number of benzene rings is 1. The van der Waals surface area contributed by atoms with Crippen molar-refractivity contribution in [2.24, 2.45) is 0 Å². The summed E-state index contributed by atoms with van der Waals surface area (Å²) in [6.07, 6.45) is 1.69. The molecule has 2 aromatic rings. The third-order valence-electron chi connectivity index (χ3n) is 2.61. The van der Waals surface area contributed by atoms with E-state index in [-0.39, 0.29) is 11.1 Å². The van der Waals surface area contributed by atoms with Gasteiger partial charge in [-0.25, -0.2) is 4.79 Å². The number of hydrogen-bond acceptors (Lipinski definition) is 2. The molecule has 0 amide bonds. The largest absolute Gasteiger partial charge is 0.478 e. The van der Waals surface area contributed by atoms with E-state index >= 15 is 0 Å². The fourth-order valence-corrected chi connectivity index (χ4v) is 2.51. The Kier molecular flexibility index (Phi) is 4.21. The first-order valence-electron chi connectivity index (χ1n) is 5.35. The van der Waals surface area contributed by atoms with Crippen molar-refractivity contribution in [3.8, 4) is 0 Å². The molecule has 4 nitrogen and oxygen atoms in total. The maximum Gasteiger partial charge on any atom is 0.335 e. The first-order valence-corrected chi connectivity index (χ1v) is 6.94. The molecule has 0 atom stereocenters. The fourth-order valence-electron chi connectivity index (χ4n) is 1.62. The number of carboxylic acids is 1. The van der Waals surface area contributed by atoms with Crippen LogP contribution in [0.1, 0.15) is 15.9 Å². The average molecular weight is 387 g/mol. The molecule has 1 heterocycles. The molecule has 0 saturated heterocycles. The number of carboxylic acid groups (broad SMARTS) is 1. The zero-order valence-corrected chi connectivity index (χ0v) is 12.8. The maximum absolute atomic E-state index is 11.9. The van der Waals surface area contributed by atoms with E-state index in [1.807, 2.05) is 0 Å². The number of halogens is 2. The molecule has 0 spiro atoms. The van der Waals surface area contributed by atoms with Crippen molar-refractivity contribution in [2.45, 2.75) is 6.54 Å². The van der Waals surface area contributed by atoms with Gasteiger partial charge in [-0.1, -0.05) is 22.0 Å². The molecule has 0 unspecified atom stereocenters. The quantitative estimate of drug-likeness (QED) is 0.881. The second-order valence-corrected chi connectivity index (χ2v) is 5.61. The van der Waals surface area contributed by atoms with Gasteiger partial charge in [0.15, 0.2) is 0 Å². The van der Waals surface area contributed by atoms with E-state index in [1.165, 1.54) is 12.1 Å².